The fourth-order valence-electron chi connectivity index (χ4n) is 2.58. The van der Waals surface area contributed by atoms with Gasteiger partial charge in [-0.15, -0.1) is 0 Å². The summed E-state index contributed by atoms with van der Waals surface area (Å²) in [5, 5.41) is 4.35. The van der Waals surface area contributed by atoms with Crippen molar-refractivity contribution in [2.24, 2.45) is 11.7 Å². The molecular weight excluding hydrogens is 212 g/mol. The monoisotopic (exact) mass is 236 g/mol. The molecule has 0 bridgehead atoms. The zero-order chi connectivity index (χ0) is 12.4. The maximum Gasteiger partial charge on any atom is 0.0537 e. The molecule has 1 aliphatic rings. The minimum atomic E-state index is 0.311. The Morgan fingerprint density at radius 3 is 2.82 bits per heavy atom. The van der Waals surface area contributed by atoms with Crippen molar-refractivity contribution in [1.82, 2.24) is 14.7 Å². The molecule has 1 fully saturated rings. The average molecular weight is 236 g/mol. The lowest BCUT2D eigenvalue weighted by atomic mass is 10.0. The summed E-state index contributed by atoms with van der Waals surface area (Å²) in [6.45, 7) is 9.72. The van der Waals surface area contributed by atoms with Gasteiger partial charge in [-0.2, -0.15) is 5.10 Å². The van der Waals surface area contributed by atoms with E-state index in [-0.39, 0.29) is 0 Å². The third kappa shape index (κ3) is 2.69. The van der Waals surface area contributed by atoms with Crippen molar-refractivity contribution in [2.75, 3.05) is 13.1 Å². The first-order valence-electron chi connectivity index (χ1n) is 6.63. The van der Waals surface area contributed by atoms with Crippen molar-refractivity contribution in [3.8, 4) is 0 Å². The predicted octanol–water partition coefficient (Wildman–Crippen LogP) is 1.63. The van der Waals surface area contributed by atoms with E-state index in [0.29, 0.717) is 18.0 Å². The summed E-state index contributed by atoms with van der Waals surface area (Å²) >= 11 is 0. The smallest absolute Gasteiger partial charge is 0.0537 e. The normalized spacial score (nSPS) is 25.1. The molecule has 96 valence electrons. The van der Waals surface area contributed by atoms with Crippen LogP contribution in [0.4, 0.5) is 0 Å². The lowest BCUT2D eigenvalue weighted by molar-refractivity contribution is 0.248. The Hall–Kier alpha value is -0.870. The summed E-state index contributed by atoms with van der Waals surface area (Å²) in [5.41, 5.74) is 7.30. The van der Waals surface area contributed by atoms with Crippen LogP contribution in [0.15, 0.2) is 12.4 Å². The van der Waals surface area contributed by atoms with E-state index in [9.17, 15) is 0 Å². The summed E-state index contributed by atoms with van der Waals surface area (Å²) in [6, 6.07) is 0.768. The van der Waals surface area contributed by atoms with Gasteiger partial charge in [-0.1, -0.05) is 0 Å². The van der Waals surface area contributed by atoms with E-state index in [1.165, 1.54) is 12.0 Å². The molecule has 4 nitrogen and oxygen atoms in total. The van der Waals surface area contributed by atoms with Crippen LogP contribution in [0.5, 0.6) is 0 Å². The van der Waals surface area contributed by atoms with Crippen molar-refractivity contribution in [3.05, 3.63) is 18.0 Å². The number of nitrogens with two attached hydrogens (primary N) is 1. The standard InChI is InChI=1S/C13H24N4/c1-4-17-9-13(7-15-17)11(3)16-6-5-12(8-16)10(2)14/h7,9-12H,4-6,8,14H2,1-3H3. The highest BCUT2D eigenvalue weighted by Crippen LogP contribution is 2.28. The minimum Gasteiger partial charge on any atom is -0.328 e. The molecule has 0 spiro atoms. The quantitative estimate of drug-likeness (QED) is 0.864. The third-order valence-corrected chi connectivity index (χ3v) is 4.01. The highest BCUT2D eigenvalue weighted by molar-refractivity contribution is 5.10. The lowest BCUT2D eigenvalue weighted by Gasteiger charge is -2.24. The lowest BCUT2D eigenvalue weighted by Crippen LogP contribution is -2.30. The molecule has 0 amide bonds. The van der Waals surface area contributed by atoms with Gasteiger partial charge in [0.25, 0.3) is 0 Å². The fraction of sp³-hybridized carbons (Fsp3) is 0.769. The molecule has 2 heterocycles. The van der Waals surface area contributed by atoms with Crippen molar-refractivity contribution < 1.29 is 0 Å². The van der Waals surface area contributed by atoms with Gasteiger partial charge in [-0.3, -0.25) is 9.58 Å². The van der Waals surface area contributed by atoms with Crippen LogP contribution in [0.1, 0.15) is 38.8 Å². The highest BCUT2D eigenvalue weighted by atomic mass is 15.3. The molecule has 1 aromatic rings. The number of hydrogen-bond donors (Lipinski definition) is 1. The van der Waals surface area contributed by atoms with E-state index in [2.05, 4.69) is 37.0 Å². The zero-order valence-electron chi connectivity index (χ0n) is 11.1. The van der Waals surface area contributed by atoms with E-state index in [4.69, 9.17) is 5.73 Å². The molecule has 0 radical (unpaired) electrons. The molecule has 0 saturated carbocycles. The van der Waals surface area contributed by atoms with E-state index in [1.807, 2.05) is 10.9 Å². The average Bonchev–Trinajstić information content (AvgIpc) is 2.97. The van der Waals surface area contributed by atoms with E-state index in [0.717, 1.165) is 19.6 Å². The Morgan fingerprint density at radius 2 is 2.29 bits per heavy atom. The van der Waals surface area contributed by atoms with Gasteiger partial charge < -0.3 is 5.73 Å². The molecule has 3 atom stereocenters. The second-order valence-electron chi connectivity index (χ2n) is 5.21. The van der Waals surface area contributed by atoms with Gasteiger partial charge in [0.1, 0.15) is 0 Å². The first kappa shape index (κ1) is 12.6. The van der Waals surface area contributed by atoms with Gasteiger partial charge in [0.15, 0.2) is 0 Å². The number of hydrogen-bond acceptors (Lipinski definition) is 3. The maximum atomic E-state index is 5.98. The molecule has 0 aliphatic carbocycles. The fourth-order valence-corrected chi connectivity index (χ4v) is 2.58. The molecule has 2 N–H and O–H groups in total. The summed E-state index contributed by atoms with van der Waals surface area (Å²) in [6.07, 6.45) is 5.38. The summed E-state index contributed by atoms with van der Waals surface area (Å²) in [4.78, 5) is 2.52. The maximum absolute atomic E-state index is 5.98. The van der Waals surface area contributed by atoms with Crippen LogP contribution in [0.3, 0.4) is 0 Å². The number of nitrogens with zero attached hydrogens (tertiary/aromatic N) is 3. The Kier molecular flexibility index (Phi) is 3.84. The first-order chi connectivity index (χ1) is 8.11. The highest BCUT2D eigenvalue weighted by Gasteiger charge is 2.29. The van der Waals surface area contributed by atoms with Crippen molar-refractivity contribution >= 4 is 0 Å². The number of likely N-dealkylation sites (tertiary alicyclic amines) is 1. The van der Waals surface area contributed by atoms with Crippen molar-refractivity contribution in [1.29, 1.82) is 0 Å². The molecule has 4 heteroatoms. The molecular formula is C13H24N4. The van der Waals surface area contributed by atoms with Gasteiger partial charge in [-0.25, -0.2) is 0 Å². The van der Waals surface area contributed by atoms with Crippen LogP contribution < -0.4 is 5.73 Å². The largest absolute Gasteiger partial charge is 0.328 e. The second kappa shape index (κ2) is 5.19. The molecule has 3 unspecified atom stereocenters. The Morgan fingerprint density at radius 1 is 1.53 bits per heavy atom. The number of aryl methyl sites for hydroxylation is 1. The van der Waals surface area contributed by atoms with Gasteiger partial charge in [0.05, 0.1) is 6.20 Å². The molecule has 0 aromatic carbocycles. The predicted molar refractivity (Wildman–Crippen MR) is 69.6 cm³/mol. The summed E-state index contributed by atoms with van der Waals surface area (Å²) in [5.74, 6) is 0.652. The second-order valence-corrected chi connectivity index (χ2v) is 5.21. The van der Waals surface area contributed by atoms with Crippen LogP contribution in [0, 0.1) is 5.92 Å². The third-order valence-electron chi connectivity index (χ3n) is 4.01. The van der Waals surface area contributed by atoms with Crippen molar-refractivity contribution in [3.63, 3.8) is 0 Å². The van der Waals surface area contributed by atoms with Crippen LogP contribution in [-0.2, 0) is 6.54 Å². The Bertz CT molecular complexity index is 358. The molecule has 1 saturated heterocycles. The molecule has 1 aliphatic heterocycles. The topological polar surface area (TPSA) is 47.1 Å². The van der Waals surface area contributed by atoms with Crippen LogP contribution in [0.2, 0.25) is 0 Å². The Balaban J connectivity index is 1.99. The molecule has 17 heavy (non-hydrogen) atoms. The number of aromatic nitrogens is 2. The van der Waals surface area contributed by atoms with E-state index in [1.54, 1.807) is 0 Å². The van der Waals surface area contributed by atoms with Crippen LogP contribution in [0.25, 0.3) is 0 Å². The SMILES string of the molecule is CCn1cc(C(C)N2CCC(C(C)N)C2)cn1. The summed E-state index contributed by atoms with van der Waals surface area (Å²) in [7, 11) is 0. The van der Waals surface area contributed by atoms with E-state index < -0.39 is 0 Å². The Labute approximate surface area is 104 Å². The first-order valence-corrected chi connectivity index (χ1v) is 6.63. The molecule has 1 aromatic heterocycles. The van der Waals surface area contributed by atoms with E-state index >= 15 is 0 Å². The zero-order valence-corrected chi connectivity index (χ0v) is 11.1. The minimum absolute atomic E-state index is 0.311. The summed E-state index contributed by atoms with van der Waals surface area (Å²) < 4.78 is 1.99. The van der Waals surface area contributed by atoms with Crippen LogP contribution in [-0.4, -0.2) is 33.8 Å². The van der Waals surface area contributed by atoms with Gasteiger partial charge >= 0.3 is 0 Å². The van der Waals surface area contributed by atoms with Gasteiger partial charge in [-0.05, 0) is 39.7 Å². The molecule has 2 rings (SSSR count). The van der Waals surface area contributed by atoms with Gasteiger partial charge in [0.2, 0.25) is 0 Å². The van der Waals surface area contributed by atoms with Gasteiger partial charge in [0, 0.05) is 36.9 Å². The van der Waals surface area contributed by atoms with Crippen LogP contribution >= 0.6 is 0 Å². The van der Waals surface area contributed by atoms with Crippen molar-refractivity contribution in [2.45, 2.75) is 45.8 Å². The number of rotatable bonds is 4.